The lowest BCUT2D eigenvalue weighted by molar-refractivity contribution is -0.132. The van der Waals surface area contributed by atoms with E-state index in [0.29, 0.717) is 40.6 Å². The van der Waals surface area contributed by atoms with Crippen LogP contribution in [0.15, 0.2) is 54.2 Å². The summed E-state index contributed by atoms with van der Waals surface area (Å²) in [7, 11) is 1.26. The summed E-state index contributed by atoms with van der Waals surface area (Å²) in [6, 6.07) is 11.4. The van der Waals surface area contributed by atoms with Gasteiger partial charge in [0.1, 0.15) is 22.0 Å². The first kappa shape index (κ1) is 27.1. The van der Waals surface area contributed by atoms with Crippen LogP contribution in [0.2, 0.25) is 0 Å². The van der Waals surface area contributed by atoms with Crippen molar-refractivity contribution < 1.29 is 29.0 Å². The number of anilines is 1. The van der Waals surface area contributed by atoms with Crippen molar-refractivity contribution in [1.29, 1.82) is 0 Å². The van der Waals surface area contributed by atoms with Crippen LogP contribution in [0.5, 0.6) is 5.75 Å². The molecule has 1 aromatic carbocycles. The van der Waals surface area contributed by atoms with Gasteiger partial charge in [-0.1, -0.05) is 42.9 Å². The number of hydrogen-bond donors (Lipinski definition) is 1. The van der Waals surface area contributed by atoms with E-state index >= 15 is 0 Å². The number of benzene rings is 1. The number of rotatable bonds is 8. The second-order valence-electron chi connectivity index (χ2n) is 9.32. The number of ketones is 1. The van der Waals surface area contributed by atoms with Gasteiger partial charge in [0.05, 0.1) is 36.7 Å². The van der Waals surface area contributed by atoms with Crippen molar-refractivity contribution in [1.82, 2.24) is 14.4 Å². The lowest BCUT2D eigenvalue weighted by Crippen LogP contribution is -2.29. The van der Waals surface area contributed by atoms with Crippen LogP contribution in [0.1, 0.15) is 58.1 Å². The third kappa shape index (κ3) is 4.62. The summed E-state index contributed by atoms with van der Waals surface area (Å²) in [6.45, 7) is 5.92. The maximum atomic E-state index is 13.6. The van der Waals surface area contributed by atoms with Gasteiger partial charge in [-0.05, 0) is 50.1 Å². The normalized spacial score (nSPS) is 16.6. The maximum Gasteiger partial charge on any atom is 0.350 e. The number of aromatic nitrogens is 3. The van der Waals surface area contributed by atoms with Crippen molar-refractivity contribution in [2.45, 2.75) is 39.7 Å². The molecular weight excluding hydrogens is 532 g/mol. The molecule has 4 aromatic rings. The second-order valence-corrected chi connectivity index (χ2v) is 10.3. The number of esters is 1. The fraction of sp³-hybridized carbons (Fsp3) is 0.276. The molecule has 1 N–H and O–H groups in total. The monoisotopic (exact) mass is 560 g/mol. The molecule has 0 spiro atoms. The van der Waals surface area contributed by atoms with Gasteiger partial charge in [-0.2, -0.15) is 0 Å². The van der Waals surface area contributed by atoms with Crippen LogP contribution >= 0.6 is 11.3 Å². The number of thiazole rings is 1. The first-order chi connectivity index (χ1) is 19.3. The minimum atomic E-state index is -1.04. The number of aryl methyl sites for hydroxylation is 2. The SMILES string of the molecule is CCCCOc1cccc(C2/C(=C(\O)c3c(C)nc4ccccn34)C(=O)C(=O)N2c2nc(C)c(C(=O)OC)s2)c1. The molecule has 206 valence electrons. The van der Waals surface area contributed by atoms with E-state index in [4.69, 9.17) is 9.47 Å². The Bertz CT molecular complexity index is 1670. The highest BCUT2D eigenvalue weighted by atomic mass is 32.1. The third-order valence-electron chi connectivity index (χ3n) is 6.68. The zero-order valence-corrected chi connectivity index (χ0v) is 23.3. The van der Waals surface area contributed by atoms with E-state index in [-0.39, 0.29) is 21.3 Å². The summed E-state index contributed by atoms with van der Waals surface area (Å²) in [5, 5.41) is 11.8. The number of imidazole rings is 1. The van der Waals surface area contributed by atoms with Crippen LogP contribution in [-0.2, 0) is 14.3 Å². The average molecular weight is 561 g/mol. The van der Waals surface area contributed by atoms with Gasteiger partial charge in [-0.15, -0.1) is 0 Å². The molecule has 5 rings (SSSR count). The Morgan fingerprint density at radius 2 is 1.90 bits per heavy atom. The van der Waals surface area contributed by atoms with Gasteiger partial charge in [0, 0.05) is 6.20 Å². The topological polar surface area (TPSA) is 123 Å². The van der Waals surface area contributed by atoms with Crippen molar-refractivity contribution in [2.75, 3.05) is 18.6 Å². The van der Waals surface area contributed by atoms with Gasteiger partial charge < -0.3 is 14.6 Å². The molecule has 1 aliphatic rings. The molecule has 3 aromatic heterocycles. The molecule has 1 amide bonds. The Hall–Kier alpha value is -4.51. The summed E-state index contributed by atoms with van der Waals surface area (Å²) >= 11 is 0.946. The van der Waals surface area contributed by atoms with Crippen LogP contribution in [0.25, 0.3) is 11.4 Å². The highest BCUT2D eigenvalue weighted by molar-refractivity contribution is 7.17. The lowest BCUT2D eigenvalue weighted by Gasteiger charge is -2.23. The molecular formula is C29H28N4O6S. The Morgan fingerprint density at radius 1 is 1.10 bits per heavy atom. The number of pyridine rings is 1. The smallest absolute Gasteiger partial charge is 0.350 e. The van der Waals surface area contributed by atoms with Gasteiger partial charge in [-0.25, -0.2) is 14.8 Å². The number of Topliss-reactive ketones (excluding diaryl/α,β-unsaturated/α-hetero) is 1. The van der Waals surface area contributed by atoms with Gasteiger partial charge >= 0.3 is 11.9 Å². The van der Waals surface area contributed by atoms with Crippen LogP contribution in [0, 0.1) is 13.8 Å². The first-order valence-corrected chi connectivity index (χ1v) is 13.6. The number of methoxy groups -OCH3 is 1. The van der Waals surface area contributed by atoms with Crippen molar-refractivity contribution in [3.8, 4) is 5.75 Å². The standard InChI is InChI=1S/C29H28N4O6S/c1-5-6-14-39-19-11-9-10-18(15-19)23-21(24(34)22-16(2)30-20-12-7-8-13-32(20)22)25(35)27(36)33(23)29-31-17(3)26(40-29)28(37)38-4/h7-13,15,23,34H,5-6,14H2,1-4H3/b24-21+. The van der Waals surface area contributed by atoms with Crippen molar-refractivity contribution in [3.05, 3.63) is 81.8 Å². The Kier molecular flexibility index (Phi) is 7.40. The van der Waals surface area contributed by atoms with Gasteiger partial charge in [0.2, 0.25) is 0 Å². The van der Waals surface area contributed by atoms with Crippen molar-refractivity contribution in [2.24, 2.45) is 0 Å². The van der Waals surface area contributed by atoms with Gasteiger partial charge in [0.15, 0.2) is 10.9 Å². The Balaban J connectivity index is 1.72. The molecule has 0 saturated carbocycles. The minimum absolute atomic E-state index is 0.114. The predicted octanol–water partition coefficient (Wildman–Crippen LogP) is 5.00. The Morgan fingerprint density at radius 3 is 2.65 bits per heavy atom. The fourth-order valence-corrected chi connectivity index (χ4v) is 5.76. The summed E-state index contributed by atoms with van der Waals surface area (Å²) in [5.74, 6) is -2.14. The highest BCUT2D eigenvalue weighted by Gasteiger charge is 2.49. The van der Waals surface area contributed by atoms with E-state index in [1.165, 1.54) is 12.0 Å². The second kappa shape index (κ2) is 10.9. The van der Waals surface area contributed by atoms with E-state index in [0.717, 1.165) is 24.2 Å². The maximum absolute atomic E-state index is 13.6. The number of carbonyl (C=O) groups excluding carboxylic acids is 3. The van der Waals surface area contributed by atoms with Crippen LogP contribution in [0.3, 0.4) is 0 Å². The first-order valence-electron chi connectivity index (χ1n) is 12.8. The summed E-state index contributed by atoms with van der Waals surface area (Å²) < 4.78 is 12.4. The number of carbonyl (C=O) groups is 3. The lowest BCUT2D eigenvalue weighted by atomic mass is 9.96. The quantitative estimate of drug-likeness (QED) is 0.105. The van der Waals surface area contributed by atoms with Gasteiger partial charge in [-0.3, -0.25) is 18.9 Å². The van der Waals surface area contributed by atoms with E-state index < -0.39 is 23.7 Å². The molecule has 11 heteroatoms. The van der Waals surface area contributed by atoms with Crippen LogP contribution in [0.4, 0.5) is 5.13 Å². The summed E-state index contributed by atoms with van der Waals surface area (Å²) in [5.41, 5.74) is 2.16. The molecule has 4 heterocycles. The zero-order chi connectivity index (χ0) is 28.6. The molecule has 1 unspecified atom stereocenters. The van der Waals surface area contributed by atoms with E-state index in [1.54, 1.807) is 60.8 Å². The molecule has 0 bridgehead atoms. The molecule has 1 atom stereocenters. The van der Waals surface area contributed by atoms with Crippen LogP contribution in [-0.4, -0.2) is 50.9 Å². The molecule has 1 saturated heterocycles. The number of aliphatic hydroxyl groups is 1. The van der Waals surface area contributed by atoms with E-state index in [1.807, 2.05) is 6.07 Å². The fourth-order valence-electron chi connectivity index (χ4n) is 4.75. The molecule has 1 fully saturated rings. The number of aliphatic hydroxyl groups excluding tert-OH is 1. The third-order valence-corrected chi connectivity index (χ3v) is 7.81. The summed E-state index contributed by atoms with van der Waals surface area (Å²) in [4.78, 5) is 50.0. The van der Waals surface area contributed by atoms with Crippen LogP contribution < -0.4 is 9.64 Å². The predicted molar refractivity (Wildman–Crippen MR) is 150 cm³/mol. The van der Waals surface area contributed by atoms with E-state index in [2.05, 4.69) is 16.9 Å². The van der Waals surface area contributed by atoms with Crippen molar-refractivity contribution >= 4 is 45.5 Å². The Labute approximate surface area is 234 Å². The molecule has 10 nitrogen and oxygen atoms in total. The van der Waals surface area contributed by atoms with E-state index in [9.17, 15) is 19.5 Å². The number of fused-ring (bicyclic) bond motifs is 1. The molecule has 0 radical (unpaired) electrons. The minimum Gasteiger partial charge on any atom is -0.505 e. The molecule has 1 aliphatic heterocycles. The number of nitrogens with zero attached hydrogens (tertiary/aromatic N) is 4. The number of hydrogen-bond acceptors (Lipinski definition) is 9. The average Bonchev–Trinajstić information content (AvgIpc) is 3.58. The molecule has 0 aliphatic carbocycles. The number of amides is 1. The number of ether oxygens (including phenoxy) is 2. The zero-order valence-electron chi connectivity index (χ0n) is 22.5. The van der Waals surface area contributed by atoms with Gasteiger partial charge in [0.25, 0.3) is 5.78 Å². The largest absolute Gasteiger partial charge is 0.505 e. The highest BCUT2D eigenvalue weighted by Crippen LogP contribution is 2.44. The van der Waals surface area contributed by atoms with Crippen molar-refractivity contribution in [3.63, 3.8) is 0 Å². The molecule has 40 heavy (non-hydrogen) atoms. The number of unbranched alkanes of at least 4 members (excludes halogenated alkanes) is 1. The summed E-state index contributed by atoms with van der Waals surface area (Å²) in [6.07, 6.45) is 3.56.